The van der Waals surface area contributed by atoms with E-state index < -0.39 is 5.60 Å². The Morgan fingerprint density at radius 2 is 2.38 bits per heavy atom. The number of aliphatic hydroxyl groups is 1. The maximum Gasteiger partial charge on any atom is 0.104 e. The first kappa shape index (κ1) is 9.19. The Kier molecular flexibility index (Phi) is 2.18. The highest BCUT2D eigenvalue weighted by atomic mass is 32.1. The smallest absolute Gasteiger partial charge is 0.104 e. The number of hydrogen-bond donors (Lipinski definition) is 1. The van der Waals surface area contributed by atoms with Crippen LogP contribution in [0.2, 0.25) is 0 Å². The lowest BCUT2D eigenvalue weighted by molar-refractivity contribution is 0.0493. The molecular formula is C10H15NOS. The molecule has 0 bridgehead atoms. The Bertz CT molecular complexity index is 310. The summed E-state index contributed by atoms with van der Waals surface area (Å²) in [6, 6.07) is 2.10. The number of rotatable bonds is 1. The lowest BCUT2D eigenvalue weighted by Crippen LogP contribution is -2.28. The van der Waals surface area contributed by atoms with Crippen LogP contribution >= 0.6 is 11.3 Å². The van der Waals surface area contributed by atoms with Gasteiger partial charge in [0.2, 0.25) is 0 Å². The summed E-state index contributed by atoms with van der Waals surface area (Å²) >= 11 is 1.71. The number of aryl methyl sites for hydroxylation is 1. The van der Waals surface area contributed by atoms with Gasteiger partial charge in [-0.3, -0.25) is 0 Å². The summed E-state index contributed by atoms with van der Waals surface area (Å²) in [7, 11) is 2.05. The van der Waals surface area contributed by atoms with Crippen LogP contribution in [0.1, 0.15) is 16.9 Å². The number of β-amino-alcohol motifs (C(OH)–C–C–N with tert-alkyl or cyclic N) is 1. The molecule has 1 aromatic rings. The quantitative estimate of drug-likeness (QED) is 0.739. The lowest BCUT2D eigenvalue weighted by atomic mass is 9.96. The van der Waals surface area contributed by atoms with E-state index in [-0.39, 0.29) is 0 Å². The fourth-order valence-corrected chi connectivity index (χ4v) is 2.70. The fraction of sp³-hybridized carbons (Fsp3) is 0.600. The van der Waals surface area contributed by atoms with Crippen LogP contribution in [-0.2, 0) is 5.60 Å². The monoisotopic (exact) mass is 197 g/mol. The predicted molar refractivity (Wildman–Crippen MR) is 55.1 cm³/mol. The van der Waals surface area contributed by atoms with E-state index in [2.05, 4.69) is 30.3 Å². The number of likely N-dealkylation sites (N-methyl/N-ethyl adjacent to an activating group) is 1. The Hall–Kier alpha value is -0.380. The first-order valence-electron chi connectivity index (χ1n) is 4.57. The highest BCUT2D eigenvalue weighted by molar-refractivity contribution is 7.10. The second-order valence-electron chi connectivity index (χ2n) is 3.97. The van der Waals surface area contributed by atoms with E-state index in [0.29, 0.717) is 0 Å². The van der Waals surface area contributed by atoms with E-state index in [0.717, 1.165) is 25.1 Å². The van der Waals surface area contributed by atoms with E-state index in [1.807, 2.05) is 0 Å². The molecule has 1 atom stereocenters. The molecule has 13 heavy (non-hydrogen) atoms. The molecule has 72 valence electrons. The molecule has 0 aromatic carbocycles. The molecule has 2 nitrogen and oxygen atoms in total. The van der Waals surface area contributed by atoms with Crippen LogP contribution in [-0.4, -0.2) is 30.1 Å². The summed E-state index contributed by atoms with van der Waals surface area (Å²) < 4.78 is 0. The van der Waals surface area contributed by atoms with Crippen molar-refractivity contribution < 1.29 is 5.11 Å². The van der Waals surface area contributed by atoms with Crippen molar-refractivity contribution in [1.29, 1.82) is 0 Å². The number of nitrogens with zero attached hydrogens (tertiary/aromatic N) is 1. The molecule has 1 fully saturated rings. The summed E-state index contributed by atoms with van der Waals surface area (Å²) in [6.07, 6.45) is 0.861. The van der Waals surface area contributed by atoms with Crippen LogP contribution < -0.4 is 0 Å². The van der Waals surface area contributed by atoms with Crippen LogP contribution in [0.3, 0.4) is 0 Å². The van der Waals surface area contributed by atoms with Gasteiger partial charge >= 0.3 is 0 Å². The Morgan fingerprint density at radius 3 is 2.85 bits per heavy atom. The number of thiophene rings is 1. The number of likely N-dealkylation sites (tertiary alicyclic amines) is 1. The maximum absolute atomic E-state index is 10.3. The average molecular weight is 197 g/mol. The highest BCUT2D eigenvalue weighted by Gasteiger charge is 2.36. The van der Waals surface area contributed by atoms with Crippen molar-refractivity contribution in [3.8, 4) is 0 Å². The molecule has 0 saturated carbocycles. The van der Waals surface area contributed by atoms with Crippen LogP contribution in [0.25, 0.3) is 0 Å². The second kappa shape index (κ2) is 3.08. The van der Waals surface area contributed by atoms with E-state index in [1.54, 1.807) is 11.3 Å². The Labute approximate surface area is 82.8 Å². The molecule has 1 saturated heterocycles. The van der Waals surface area contributed by atoms with Crippen LogP contribution in [0, 0.1) is 6.92 Å². The SMILES string of the molecule is Cc1cc(C2(O)CCN(C)C2)cs1. The molecule has 1 aliphatic rings. The normalized spacial score (nSPS) is 29.8. The third-order valence-electron chi connectivity index (χ3n) is 2.71. The van der Waals surface area contributed by atoms with Gasteiger partial charge in [0, 0.05) is 18.0 Å². The summed E-state index contributed by atoms with van der Waals surface area (Å²) in [5.41, 5.74) is 0.513. The minimum absolute atomic E-state index is 0.584. The van der Waals surface area contributed by atoms with Crippen LogP contribution in [0.5, 0.6) is 0 Å². The molecule has 2 rings (SSSR count). The van der Waals surface area contributed by atoms with Gasteiger partial charge in [-0.15, -0.1) is 11.3 Å². The molecule has 1 unspecified atom stereocenters. The summed E-state index contributed by atoms with van der Waals surface area (Å²) in [6.45, 7) is 3.84. The van der Waals surface area contributed by atoms with Crippen LogP contribution in [0.15, 0.2) is 11.4 Å². The van der Waals surface area contributed by atoms with Crippen molar-refractivity contribution in [1.82, 2.24) is 4.90 Å². The minimum atomic E-state index is -0.584. The summed E-state index contributed by atoms with van der Waals surface area (Å²) in [4.78, 5) is 3.45. The lowest BCUT2D eigenvalue weighted by Gasteiger charge is -2.21. The molecule has 2 heterocycles. The molecule has 0 spiro atoms. The van der Waals surface area contributed by atoms with Crippen molar-refractivity contribution in [2.45, 2.75) is 18.9 Å². The van der Waals surface area contributed by atoms with E-state index >= 15 is 0 Å². The molecule has 1 aliphatic heterocycles. The van der Waals surface area contributed by atoms with E-state index in [1.165, 1.54) is 4.88 Å². The predicted octanol–water partition coefficient (Wildman–Crippen LogP) is 1.58. The second-order valence-corrected chi connectivity index (χ2v) is 5.08. The van der Waals surface area contributed by atoms with E-state index in [4.69, 9.17) is 0 Å². The van der Waals surface area contributed by atoms with Gasteiger partial charge in [-0.2, -0.15) is 0 Å². The first-order chi connectivity index (χ1) is 6.10. The third-order valence-corrected chi connectivity index (χ3v) is 3.57. The topological polar surface area (TPSA) is 23.5 Å². The Morgan fingerprint density at radius 1 is 1.62 bits per heavy atom. The molecule has 0 radical (unpaired) electrons. The van der Waals surface area contributed by atoms with Gasteiger partial charge in [0.1, 0.15) is 5.60 Å². The fourth-order valence-electron chi connectivity index (χ4n) is 1.90. The minimum Gasteiger partial charge on any atom is -0.384 e. The van der Waals surface area contributed by atoms with Gasteiger partial charge in [-0.1, -0.05) is 0 Å². The standard InChI is InChI=1S/C10H15NOS/c1-8-5-9(6-13-8)10(12)3-4-11(2)7-10/h5-6,12H,3-4,7H2,1-2H3. The van der Waals surface area contributed by atoms with Crippen molar-refractivity contribution in [3.63, 3.8) is 0 Å². The van der Waals surface area contributed by atoms with Gasteiger partial charge in [0.25, 0.3) is 0 Å². The van der Waals surface area contributed by atoms with Crippen molar-refractivity contribution in [2.24, 2.45) is 0 Å². The van der Waals surface area contributed by atoms with Crippen molar-refractivity contribution >= 4 is 11.3 Å². The molecule has 3 heteroatoms. The zero-order valence-corrected chi connectivity index (χ0v) is 8.90. The summed E-state index contributed by atoms with van der Waals surface area (Å²) in [5, 5.41) is 12.4. The Balaban J connectivity index is 2.25. The van der Waals surface area contributed by atoms with Gasteiger partial charge in [0.15, 0.2) is 0 Å². The molecule has 1 N–H and O–H groups in total. The van der Waals surface area contributed by atoms with E-state index in [9.17, 15) is 5.11 Å². The van der Waals surface area contributed by atoms with Gasteiger partial charge < -0.3 is 10.0 Å². The average Bonchev–Trinajstić information content (AvgIpc) is 2.60. The largest absolute Gasteiger partial charge is 0.384 e. The molecular weight excluding hydrogens is 182 g/mol. The third kappa shape index (κ3) is 1.64. The molecule has 0 aliphatic carbocycles. The molecule has 1 aromatic heterocycles. The zero-order chi connectivity index (χ0) is 9.47. The highest BCUT2D eigenvalue weighted by Crippen LogP contribution is 2.33. The zero-order valence-electron chi connectivity index (χ0n) is 8.08. The number of hydrogen-bond acceptors (Lipinski definition) is 3. The van der Waals surface area contributed by atoms with Gasteiger partial charge in [-0.05, 0) is 37.4 Å². The first-order valence-corrected chi connectivity index (χ1v) is 5.45. The summed E-state index contributed by atoms with van der Waals surface area (Å²) in [5.74, 6) is 0. The molecule has 0 amide bonds. The van der Waals surface area contributed by atoms with Gasteiger partial charge in [0.05, 0.1) is 0 Å². The van der Waals surface area contributed by atoms with Crippen LogP contribution in [0.4, 0.5) is 0 Å². The van der Waals surface area contributed by atoms with Gasteiger partial charge in [-0.25, -0.2) is 0 Å². The maximum atomic E-state index is 10.3. The van der Waals surface area contributed by atoms with Crippen molar-refractivity contribution in [3.05, 3.63) is 21.9 Å². The van der Waals surface area contributed by atoms with Crippen molar-refractivity contribution in [2.75, 3.05) is 20.1 Å².